The number of nitrogens with zero attached hydrogens (tertiary/aromatic N) is 1. The van der Waals surface area contributed by atoms with Crippen LogP contribution in [0, 0.1) is 6.92 Å². The van der Waals surface area contributed by atoms with Gasteiger partial charge in [0, 0.05) is 23.0 Å². The quantitative estimate of drug-likeness (QED) is 0.879. The van der Waals surface area contributed by atoms with Gasteiger partial charge in [0.25, 0.3) is 0 Å². The predicted octanol–water partition coefficient (Wildman–Crippen LogP) is 3.31. The lowest BCUT2D eigenvalue weighted by Gasteiger charge is -2.17. The molecule has 1 heterocycles. The van der Waals surface area contributed by atoms with Crippen LogP contribution in [0.15, 0.2) is 30.5 Å². The van der Waals surface area contributed by atoms with Crippen LogP contribution in [0.25, 0.3) is 0 Å². The molecule has 1 atom stereocenters. The van der Waals surface area contributed by atoms with Gasteiger partial charge in [-0.05, 0) is 24.6 Å². The number of nitrogens with one attached hydrogen (secondary N) is 2. The number of rotatable bonds is 5. The van der Waals surface area contributed by atoms with Crippen molar-refractivity contribution in [3.63, 3.8) is 0 Å². The van der Waals surface area contributed by atoms with Gasteiger partial charge in [-0.2, -0.15) is 0 Å². The number of halogens is 1. The largest absolute Gasteiger partial charge is 0.349 e. The number of aromatic nitrogens is 1. The Morgan fingerprint density at radius 2 is 2.00 bits per heavy atom. The first kappa shape index (κ1) is 16.5. The van der Waals surface area contributed by atoms with Crippen LogP contribution in [0.2, 0.25) is 5.02 Å². The molecule has 0 bridgehead atoms. The lowest BCUT2D eigenvalue weighted by atomic mass is 10.0. The smallest absolute Gasteiger partial charge is 0.228 e. The lowest BCUT2D eigenvalue weighted by Crippen LogP contribution is -2.29. The third-order valence-electron chi connectivity index (χ3n) is 2.91. The van der Waals surface area contributed by atoms with E-state index in [1.165, 1.54) is 18.3 Å². The molecule has 1 aromatic heterocycles. The first-order chi connectivity index (χ1) is 10.4. The topological polar surface area (TPSA) is 71.1 Å². The van der Waals surface area contributed by atoms with E-state index in [9.17, 15) is 9.59 Å². The van der Waals surface area contributed by atoms with Gasteiger partial charge in [0.1, 0.15) is 0 Å². The summed E-state index contributed by atoms with van der Waals surface area (Å²) in [7, 11) is 0. The molecule has 0 radical (unpaired) electrons. The molecular formula is C15H16ClN3O2S. The van der Waals surface area contributed by atoms with E-state index in [0.29, 0.717) is 10.2 Å². The number of carbonyl (C=O) groups excluding carboxylic acids is 2. The summed E-state index contributed by atoms with van der Waals surface area (Å²) in [5, 5.41) is 6.68. The minimum absolute atomic E-state index is 0.125. The van der Waals surface area contributed by atoms with E-state index in [2.05, 4.69) is 15.6 Å². The van der Waals surface area contributed by atoms with Gasteiger partial charge in [0.2, 0.25) is 11.8 Å². The van der Waals surface area contributed by atoms with Crippen molar-refractivity contribution in [3.05, 3.63) is 45.9 Å². The van der Waals surface area contributed by atoms with E-state index >= 15 is 0 Å². The van der Waals surface area contributed by atoms with Gasteiger partial charge in [-0.3, -0.25) is 9.59 Å². The normalized spacial score (nSPS) is 11.8. The molecule has 2 N–H and O–H groups in total. The van der Waals surface area contributed by atoms with Crippen molar-refractivity contribution < 1.29 is 9.59 Å². The molecule has 7 heteroatoms. The van der Waals surface area contributed by atoms with Crippen LogP contribution < -0.4 is 10.6 Å². The Morgan fingerprint density at radius 1 is 1.32 bits per heavy atom. The molecule has 0 aliphatic rings. The van der Waals surface area contributed by atoms with E-state index in [1.54, 1.807) is 30.5 Å². The van der Waals surface area contributed by atoms with Crippen molar-refractivity contribution >= 4 is 39.9 Å². The van der Waals surface area contributed by atoms with E-state index in [4.69, 9.17) is 11.6 Å². The van der Waals surface area contributed by atoms with Crippen molar-refractivity contribution in [1.29, 1.82) is 0 Å². The molecule has 0 saturated carbocycles. The van der Waals surface area contributed by atoms with Crippen molar-refractivity contribution in [3.8, 4) is 0 Å². The molecule has 0 spiro atoms. The molecule has 2 aromatic rings. The second kappa shape index (κ2) is 7.38. The number of anilines is 1. The number of aryl methyl sites for hydroxylation is 1. The minimum atomic E-state index is -0.407. The number of hydrogen-bond donors (Lipinski definition) is 2. The fraction of sp³-hybridized carbons (Fsp3) is 0.267. The second-order valence-electron chi connectivity index (χ2n) is 4.83. The van der Waals surface area contributed by atoms with Crippen molar-refractivity contribution in [2.75, 3.05) is 5.32 Å². The zero-order valence-corrected chi connectivity index (χ0v) is 13.8. The van der Waals surface area contributed by atoms with Gasteiger partial charge < -0.3 is 10.6 Å². The SMILES string of the molecule is CC(=O)NC(CC(=O)Nc1ncc(C)s1)c1ccc(Cl)cc1. The van der Waals surface area contributed by atoms with Crippen LogP contribution in [0.1, 0.15) is 29.8 Å². The first-order valence-corrected chi connectivity index (χ1v) is 7.88. The highest BCUT2D eigenvalue weighted by molar-refractivity contribution is 7.15. The summed E-state index contributed by atoms with van der Waals surface area (Å²) in [6.45, 7) is 3.34. The molecule has 0 aliphatic carbocycles. The molecule has 5 nitrogen and oxygen atoms in total. The number of benzene rings is 1. The van der Waals surface area contributed by atoms with Crippen molar-refractivity contribution in [2.24, 2.45) is 0 Å². The first-order valence-electron chi connectivity index (χ1n) is 6.69. The van der Waals surface area contributed by atoms with E-state index in [-0.39, 0.29) is 18.2 Å². The van der Waals surface area contributed by atoms with Crippen LogP contribution in [-0.2, 0) is 9.59 Å². The molecule has 116 valence electrons. The number of carbonyl (C=O) groups is 2. The molecule has 1 unspecified atom stereocenters. The maximum Gasteiger partial charge on any atom is 0.228 e. The number of thiazole rings is 1. The van der Waals surface area contributed by atoms with Gasteiger partial charge in [-0.25, -0.2) is 4.98 Å². The molecule has 0 aliphatic heterocycles. The van der Waals surface area contributed by atoms with Gasteiger partial charge in [0.05, 0.1) is 12.5 Å². The van der Waals surface area contributed by atoms with E-state index in [1.807, 2.05) is 6.92 Å². The van der Waals surface area contributed by atoms with Gasteiger partial charge in [-0.1, -0.05) is 23.7 Å². The molecule has 22 heavy (non-hydrogen) atoms. The summed E-state index contributed by atoms with van der Waals surface area (Å²) in [5.41, 5.74) is 0.824. The fourth-order valence-corrected chi connectivity index (χ4v) is 2.77. The van der Waals surface area contributed by atoms with Gasteiger partial charge >= 0.3 is 0 Å². The van der Waals surface area contributed by atoms with Crippen molar-refractivity contribution in [2.45, 2.75) is 26.3 Å². The molecular weight excluding hydrogens is 322 g/mol. The maximum absolute atomic E-state index is 12.1. The fourth-order valence-electron chi connectivity index (χ4n) is 1.96. The van der Waals surface area contributed by atoms with Crippen molar-refractivity contribution in [1.82, 2.24) is 10.3 Å². The van der Waals surface area contributed by atoms with Crippen LogP contribution in [-0.4, -0.2) is 16.8 Å². The standard InChI is InChI=1S/C15H16ClN3O2S/c1-9-8-17-15(22-9)19-14(21)7-13(18-10(2)20)11-3-5-12(16)6-4-11/h3-6,8,13H,7H2,1-2H3,(H,18,20)(H,17,19,21). The van der Waals surface area contributed by atoms with E-state index in [0.717, 1.165) is 10.4 Å². The second-order valence-corrected chi connectivity index (χ2v) is 6.50. The molecule has 1 aromatic carbocycles. The lowest BCUT2D eigenvalue weighted by molar-refractivity contribution is -0.120. The molecule has 0 fully saturated rings. The van der Waals surface area contributed by atoms with Gasteiger partial charge in [-0.15, -0.1) is 11.3 Å². The molecule has 2 rings (SSSR count). The Labute approximate surface area is 137 Å². The average molecular weight is 338 g/mol. The minimum Gasteiger partial charge on any atom is -0.349 e. The predicted molar refractivity (Wildman–Crippen MR) is 88.1 cm³/mol. The number of hydrogen-bond acceptors (Lipinski definition) is 4. The highest BCUT2D eigenvalue weighted by atomic mass is 35.5. The molecule has 2 amide bonds. The Kier molecular flexibility index (Phi) is 5.51. The highest BCUT2D eigenvalue weighted by Gasteiger charge is 2.18. The highest BCUT2D eigenvalue weighted by Crippen LogP contribution is 2.21. The van der Waals surface area contributed by atoms with Gasteiger partial charge in [0.15, 0.2) is 5.13 Å². The van der Waals surface area contributed by atoms with Crippen LogP contribution in [0.5, 0.6) is 0 Å². The van der Waals surface area contributed by atoms with Crippen LogP contribution >= 0.6 is 22.9 Å². The maximum atomic E-state index is 12.1. The van der Waals surface area contributed by atoms with Crippen LogP contribution in [0.3, 0.4) is 0 Å². The summed E-state index contributed by atoms with van der Waals surface area (Å²) in [6.07, 6.45) is 1.82. The Balaban J connectivity index is 2.07. The summed E-state index contributed by atoms with van der Waals surface area (Å²) in [4.78, 5) is 28.6. The Morgan fingerprint density at radius 3 is 2.55 bits per heavy atom. The zero-order valence-electron chi connectivity index (χ0n) is 12.2. The summed E-state index contributed by atoms with van der Waals surface area (Å²) in [6, 6.07) is 6.64. The third-order valence-corrected chi connectivity index (χ3v) is 3.99. The third kappa shape index (κ3) is 4.82. The Bertz CT molecular complexity index is 670. The van der Waals surface area contributed by atoms with Crippen LogP contribution in [0.4, 0.5) is 5.13 Å². The molecule has 0 saturated heterocycles. The monoisotopic (exact) mass is 337 g/mol. The summed E-state index contributed by atoms with van der Waals surface area (Å²) in [5.74, 6) is -0.402. The average Bonchev–Trinajstić information content (AvgIpc) is 2.83. The Hall–Kier alpha value is -1.92. The van der Waals surface area contributed by atoms with E-state index < -0.39 is 6.04 Å². The summed E-state index contributed by atoms with van der Waals surface area (Å²) < 4.78 is 0. The number of amides is 2. The zero-order chi connectivity index (χ0) is 16.1. The summed E-state index contributed by atoms with van der Waals surface area (Å²) >= 11 is 7.27.